The topological polar surface area (TPSA) is 172 Å². The fourth-order valence-corrected chi connectivity index (χ4v) is 5.93. The molecule has 0 aliphatic rings. The summed E-state index contributed by atoms with van der Waals surface area (Å²) >= 11 is 0. The molecule has 0 heterocycles. The van der Waals surface area contributed by atoms with Crippen molar-refractivity contribution in [3.05, 3.63) is 85.1 Å². The van der Waals surface area contributed by atoms with E-state index in [2.05, 4.69) is 31.2 Å². The molecule has 0 aromatic heterocycles. The number of aliphatic hydroxyl groups excluding tert-OH is 3. The molecule has 0 fully saturated rings. The molecule has 0 rings (SSSR count). The molecule has 3 N–H and O–H groups in total. The van der Waals surface area contributed by atoms with E-state index in [-0.39, 0.29) is 32.3 Å². The Kier molecular flexibility index (Phi) is 35.1. The number of carbonyl (C=O) groups is 2. The molecule has 338 valence electrons. The van der Waals surface area contributed by atoms with Crippen molar-refractivity contribution < 1.29 is 57.4 Å². The summed E-state index contributed by atoms with van der Waals surface area (Å²) in [6.45, 7) is 3.56. The third kappa shape index (κ3) is 39.0. The van der Waals surface area contributed by atoms with E-state index in [9.17, 15) is 34.4 Å². The molecule has 0 saturated carbocycles. The van der Waals surface area contributed by atoms with Crippen LogP contribution in [0.15, 0.2) is 85.1 Å². The van der Waals surface area contributed by atoms with Crippen LogP contribution in [0.25, 0.3) is 0 Å². The first-order valence-electron chi connectivity index (χ1n) is 21.6. The lowest BCUT2D eigenvalue weighted by molar-refractivity contribution is -0.870. The van der Waals surface area contributed by atoms with Gasteiger partial charge in [0.05, 0.1) is 46.1 Å². The number of nitrogens with zero attached hydrogens (tertiary/aromatic N) is 1. The Morgan fingerprint density at radius 3 is 1.97 bits per heavy atom. The van der Waals surface area contributed by atoms with E-state index in [0.717, 1.165) is 51.4 Å². The summed E-state index contributed by atoms with van der Waals surface area (Å²) in [7, 11) is 0.949. The number of hydrogen-bond acceptors (Lipinski definition) is 11. The van der Waals surface area contributed by atoms with Crippen molar-refractivity contribution in [2.75, 3.05) is 47.5 Å². The van der Waals surface area contributed by atoms with Crippen molar-refractivity contribution in [2.45, 2.75) is 147 Å². The summed E-state index contributed by atoms with van der Waals surface area (Å²) in [5.74, 6) is -1.19. The van der Waals surface area contributed by atoms with Gasteiger partial charge in [0.15, 0.2) is 6.10 Å². The Balaban J connectivity index is 4.74. The van der Waals surface area contributed by atoms with Gasteiger partial charge in [0.2, 0.25) is 0 Å². The van der Waals surface area contributed by atoms with Gasteiger partial charge >= 0.3 is 11.9 Å². The first kappa shape index (κ1) is 56.1. The minimum atomic E-state index is -4.72. The fraction of sp³-hybridized carbons (Fsp3) is 0.652. The summed E-state index contributed by atoms with van der Waals surface area (Å²) in [4.78, 5) is 37.6. The van der Waals surface area contributed by atoms with Gasteiger partial charge in [-0.3, -0.25) is 14.2 Å². The largest absolute Gasteiger partial charge is 0.756 e. The van der Waals surface area contributed by atoms with Crippen LogP contribution in [0.1, 0.15) is 123 Å². The first-order chi connectivity index (χ1) is 28.2. The molecule has 13 heteroatoms. The summed E-state index contributed by atoms with van der Waals surface area (Å²) < 4.78 is 33.6. The predicted octanol–water partition coefficient (Wildman–Crippen LogP) is 8.30. The maximum Gasteiger partial charge on any atom is 0.306 e. The molecule has 0 aromatic carbocycles. The Labute approximate surface area is 356 Å². The number of hydrogen-bond donors (Lipinski definition) is 3. The lowest BCUT2D eigenvalue weighted by Gasteiger charge is -2.28. The molecule has 0 aromatic rings. The van der Waals surface area contributed by atoms with E-state index in [0.29, 0.717) is 23.9 Å². The Hall–Kier alpha value is -2.93. The Morgan fingerprint density at radius 2 is 1.31 bits per heavy atom. The minimum Gasteiger partial charge on any atom is -0.756 e. The average molecular weight is 852 g/mol. The van der Waals surface area contributed by atoms with Crippen LogP contribution in [-0.2, 0) is 32.7 Å². The van der Waals surface area contributed by atoms with E-state index >= 15 is 0 Å². The molecule has 5 atom stereocenters. The Morgan fingerprint density at radius 1 is 0.695 bits per heavy atom. The monoisotopic (exact) mass is 852 g/mol. The van der Waals surface area contributed by atoms with Crippen LogP contribution in [0, 0.1) is 0 Å². The van der Waals surface area contributed by atoms with Gasteiger partial charge in [-0.25, -0.2) is 0 Å². The van der Waals surface area contributed by atoms with Crippen LogP contribution in [0.5, 0.6) is 0 Å². The second-order valence-corrected chi connectivity index (χ2v) is 16.9. The zero-order valence-corrected chi connectivity index (χ0v) is 37.6. The third-order valence-electron chi connectivity index (χ3n) is 8.74. The fourth-order valence-electron chi connectivity index (χ4n) is 5.20. The van der Waals surface area contributed by atoms with E-state index < -0.39 is 57.4 Å². The molecule has 0 spiro atoms. The molecule has 0 amide bonds. The van der Waals surface area contributed by atoms with Crippen molar-refractivity contribution in [2.24, 2.45) is 0 Å². The molecule has 0 aliphatic heterocycles. The smallest absolute Gasteiger partial charge is 0.306 e. The molecule has 1 unspecified atom stereocenters. The number of rotatable bonds is 37. The van der Waals surface area contributed by atoms with Crippen LogP contribution in [0.3, 0.4) is 0 Å². The Bertz CT molecular complexity index is 1330. The number of aliphatic hydroxyl groups is 3. The molecular weight excluding hydrogens is 773 g/mol. The van der Waals surface area contributed by atoms with E-state index in [4.69, 9.17) is 18.5 Å². The quantitative estimate of drug-likeness (QED) is 0.0137. The van der Waals surface area contributed by atoms with Crippen LogP contribution < -0.4 is 4.89 Å². The average Bonchev–Trinajstić information content (AvgIpc) is 3.17. The number of likely N-dealkylation sites (N-methyl/N-ethyl adjacent to an activating group) is 1. The zero-order valence-electron chi connectivity index (χ0n) is 36.7. The molecule has 0 radical (unpaired) electrons. The highest BCUT2D eigenvalue weighted by atomic mass is 31.2. The van der Waals surface area contributed by atoms with Crippen molar-refractivity contribution in [1.29, 1.82) is 0 Å². The van der Waals surface area contributed by atoms with Gasteiger partial charge in [-0.05, 0) is 64.2 Å². The summed E-state index contributed by atoms with van der Waals surface area (Å²) in [5, 5.41) is 30.4. The number of phosphoric ester groups is 1. The normalized spacial score (nSPS) is 16.0. The molecule has 12 nitrogen and oxygen atoms in total. The van der Waals surface area contributed by atoms with Crippen molar-refractivity contribution >= 4 is 19.8 Å². The van der Waals surface area contributed by atoms with Gasteiger partial charge in [-0.2, -0.15) is 0 Å². The highest BCUT2D eigenvalue weighted by molar-refractivity contribution is 7.45. The van der Waals surface area contributed by atoms with Gasteiger partial charge in [0.1, 0.15) is 19.8 Å². The van der Waals surface area contributed by atoms with E-state index in [1.165, 1.54) is 25.3 Å². The van der Waals surface area contributed by atoms with Crippen LogP contribution >= 0.6 is 7.82 Å². The number of ether oxygens (including phenoxy) is 2. The highest BCUT2D eigenvalue weighted by Crippen LogP contribution is 2.38. The van der Waals surface area contributed by atoms with E-state index in [1.807, 2.05) is 40.2 Å². The lowest BCUT2D eigenvalue weighted by Crippen LogP contribution is -2.37. The number of unbranched alkanes of at least 4 members (excludes halogenated alkanes) is 8. The second kappa shape index (κ2) is 36.9. The number of esters is 2. The zero-order chi connectivity index (χ0) is 44.0. The predicted molar refractivity (Wildman–Crippen MR) is 235 cm³/mol. The van der Waals surface area contributed by atoms with Gasteiger partial charge in [0, 0.05) is 12.8 Å². The summed E-state index contributed by atoms with van der Waals surface area (Å²) in [6, 6.07) is 0. The molecule has 0 saturated heterocycles. The summed E-state index contributed by atoms with van der Waals surface area (Å²) in [5.41, 5.74) is 0. The first-order valence-corrected chi connectivity index (χ1v) is 23.1. The third-order valence-corrected chi connectivity index (χ3v) is 9.71. The van der Waals surface area contributed by atoms with Gasteiger partial charge < -0.3 is 43.2 Å². The highest BCUT2D eigenvalue weighted by Gasteiger charge is 2.22. The summed E-state index contributed by atoms with van der Waals surface area (Å²) in [6.07, 6.45) is 35.6. The van der Waals surface area contributed by atoms with Crippen molar-refractivity contribution in [3.63, 3.8) is 0 Å². The maximum atomic E-state index is 12.7. The van der Waals surface area contributed by atoms with Crippen LogP contribution in [0.4, 0.5) is 0 Å². The van der Waals surface area contributed by atoms with Crippen molar-refractivity contribution in [1.82, 2.24) is 0 Å². The number of phosphoric acid groups is 1. The standard InChI is InChI=1S/C46H78NO11P/c1-6-8-10-11-12-13-14-15-16-17-18-19-20-25-29-35-46(52)58-42(40-57-59(53,54)56-38-37-47(3,4)5)39-55-45(51)36-30-34-44(50)43(49)33-28-24-22-21-23-27-32-41(48)31-26-9-7-2/h9,12-13,15-16,21-24,26-28,32-33,41-44,48-50H,6-8,10-11,14,17-20,25,29-31,34-40H2,1-5H3/b13-12-,16-15-,23-21+,24-22-,26-9-,32-27+,33-28-/t41-,42-,43+,44+/m1/s1. The van der Waals surface area contributed by atoms with E-state index in [1.54, 1.807) is 42.5 Å². The lowest BCUT2D eigenvalue weighted by atomic mass is 10.1. The van der Waals surface area contributed by atoms with Gasteiger partial charge in [-0.1, -0.05) is 131 Å². The molecule has 0 bridgehead atoms. The molecule has 0 aliphatic carbocycles. The van der Waals surface area contributed by atoms with Crippen LogP contribution in [0.2, 0.25) is 0 Å². The number of allylic oxidation sites excluding steroid dienone is 11. The second-order valence-electron chi connectivity index (χ2n) is 15.5. The van der Waals surface area contributed by atoms with Crippen molar-refractivity contribution in [3.8, 4) is 0 Å². The molecule has 59 heavy (non-hydrogen) atoms. The molecular formula is C46H78NO11P. The number of carbonyl (C=O) groups excluding carboxylic acids is 2. The van der Waals surface area contributed by atoms with Crippen LogP contribution in [-0.4, -0.2) is 104 Å². The minimum absolute atomic E-state index is 0.0863. The number of quaternary nitrogens is 1. The van der Waals surface area contributed by atoms with Gasteiger partial charge in [-0.15, -0.1) is 0 Å². The SMILES string of the molecule is CC/C=C\C[C@@H](O)/C=C/C=C/C=C\C=C/[C@H](O)[C@@H](O)CCCC(=O)OC[C@H](COP(=O)([O-])OCC[N+](C)(C)C)OC(=O)CCCCCCC/C=C\C/C=C\CCCCC. The van der Waals surface area contributed by atoms with Gasteiger partial charge in [0.25, 0.3) is 7.82 Å². The maximum absolute atomic E-state index is 12.7.